The van der Waals surface area contributed by atoms with Gasteiger partial charge in [0.15, 0.2) is 0 Å². The van der Waals surface area contributed by atoms with Crippen LogP contribution >= 0.6 is 0 Å². The Balaban J connectivity index is 2.01. The van der Waals surface area contributed by atoms with E-state index in [1.165, 1.54) is 12.1 Å². The average molecular weight is 209 g/mol. The molecular weight excluding hydrogens is 197 g/mol. The lowest BCUT2D eigenvalue weighted by Gasteiger charge is -2.47. The van der Waals surface area contributed by atoms with Gasteiger partial charge in [-0.2, -0.15) is 0 Å². The summed E-state index contributed by atoms with van der Waals surface area (Å²) < 4.78 is 18.8. The van der Waals surface area contributed by atoms with E-state index in [-0.39, 0.29) is 11.4 Å². The molecule has 1 fully saturated rings. The van der Waals surface area contributed by atoms with Gasteiger partial charge in [-0.25, -0.2) is 4.39 Å². The molecular formula is C11H12FNO2. The molecule has 0 radical (unpaired) electrons. The van der Waals surface area contributed by atoms with Crippen molar-refractivity contribution in [3.8, 4) is 5.75 Å². The zero-order chi connectivity index (χ0) is 10.5. The fourth-order valence-corrected chi connectivity index (χ4v) is 2.23. The first-order valence-corrected chi connectivity index (χ1v) is 5.06. The largest absolute Gasteiger partial charge is 0.484 e. The maximum absolute atomic E-state index is 13.0. The molecule has 1 atom stereocenters. The van der Waals surface area contributed by atoms with Crippen LogP contribution in [0.25, 0.3) is 0 Å². The molecule has 0 saturated carbocycles. The lowest BCUT2D eigenvalue weighted by atomic mass is 9.84. The Morgan fingerprint density at radius 2 is 2.27 bits per heavy atom. The molecule has 15 heavy (non-hydrogen) atoms. The summed E-state index contributed by atoms with van der Waals surface area (Å²) in [7, 11) is 0. The molecule has 1 spiro atoms. The van der Waals surface area contributed by atoms with Gasteiger partial charge in [-0.3, -0.25) is 0 Å². The minimum absolute atomic E-state index is 0.274. The Morgan fingerprint density at radius 3 is 2.93 bits per heavy atom. The van der Waals surface area contributed by atoms with Crippen molar-refractivity contribution in [1.82, 2.24) is 5.32 Å². The van der Waals surface area contributed by atoms with E-state index in [0.29, 0.717) is 17.7 Å². The highest BCUT2D eigenvalue weighted by Gasteiger charge is 2.45. The van der Waals surface area contributed by atoms with E-state index in [0.717, 1.165) is 13.1 Å². The second-order valence-corrected chi connectivity index (χ2v) is 4.29. The molecule has 1 aromatic rings. The van der Waals surface area contributed by atoms with Gasteiger partial charge in [0, 0.05) is 25.1 Å². The predicted octanol–water partition coefficient (Wildman–Crippen LogP) is 0.984. The number of hydrogen-bond donors (Lipinski definition) is 2. The number of halogens is 1. The zero-order valence-corrected chi connectivity index (χ0v) is 8.16. The number of rotatable bonds is 0. The molecule has 3 rings (SSSR count). The second kappa shape index (κ2) is 2.93. The van der Waals surface area contributed by atoms with Gasteiger partial charge in [-0.05, 0) is 18.2 Å². The molecule has 2 aliphatic rings. The molecule has 3 nitrogen and oxygen atoms in total. The second-order valence-electron chi connectivity index (χ2n) is 4.29. The molecule has 0 unspecified atom stereocenters. The van der Waals surface area contributed by atoms with Gasteiger partial charge in [-0.15, -0.1) is 0 Å². The Morgan fingerprint density at radius 1 is 1.47 bits per heavy atom. The molecule has 2 heterocycles. The Kier molecular flexibility index (Phi) is 1.78. The summed E-state index contributed by atoms with van der Waals surface area (Å²) in [6, 6.07) is 4.29. The third-order valence-electron chi connectivity index (χ3n) is 3.12. The van der Waals surface area contributed by atoms with Gasteiger partial charge < -0.3 is 15.2 Å². The molecule has 80 valence electrons. The minimum atomic E-state index is -0.619. The van der Waals surface area contributed by atoms with Crippen molar-refractivity contribution in [2.24, 2.45) is 0 Å². The number of ether oxygens (including phenoxy) is 1. The zero-order valence-electron chi connectivity index (χ0n) is 8.16. The summed E-state index contributed by atoms with van der Waals surface area (Å²) in [5.41, 5.74) is 0.289. The Labute approximate surface area is 86.9 Å². The highest BCUT2D eigenvalue weighted by Crippen LogP contribution is 2.41. The molecule has 2 N–H and O–H groups in total. The lowest BCUT2D eigenvalue weighted by Crippen LogP contribution is -2.64. The number of hydrogen-bond acceptors (Lipinski definition) is 3. The smallest absolute Gasteiger partial charge is 0.136 e. The molecule has 0 aliphatic carbocycles. The molecule has 4 heteroatoms. The van der Waals surface area contributed by atoms with Crippen molar-refractivity contribution in [3.05, 3.63) is 29.6 Å². The van der Waals surface area contributed by atoms with Crippen LogP contribution in [0.3, 0.4) is 0 Å². The third-order valence-corrected chi connectivity index (χ3v) is 3.12. The first-order valence-electron chi connectivity index (χ1n) is 5.06. The quantitative estimate of drug-likeness (QED) is 0.669. The summed E-state index contributed by atoms with van der Waals surface area (Å²) in [4.78, 5) is 0. The molecule has 0 amide bonds. The van der Waals surface area contributed by atoms with Crippen molar-refractivity contribution in [1.29, 1.82) is 0 Å². The standard InChI is InChI=1S/C11H12FNO2/c12-7-1-2-10-8(3-7)9(14)4-11(15-10)5-13-6-11/h1-3,9,13-14H,4-6H2/t9-/m1/s1. The number of aliphatic hydroxyl groups is 1. The minimum Gasteiger partial charge on any atom is -0.484 e. The predicted molar refractivity (Wildman–Crippen MR) is 52.2 cm³/mol. The molecule has 1 aromatic carbocycles. The van der Waals surface area contributed by atoms with E-state index in [4.69, 9.17) is 4.74 Å². The van der Waals surface area contributed by atoms with E-state index in [2.05, 4.69) is 5.32 Å². The fraction of sp³-hybridized carbons (Fsp3) is 0.455. The number of benzene rings is 1. The first kappa shape index (κ1) is 9.12. The fourth-order valence-electron chi connectivity index (χ4n) is 2.23. The summed E-state index contributed by atoms with van der Waals surface area (Å²) in [5.74, 6) is 0.274. The summed E-state index contributed by atoms with van der Waals surface area (Å²) in [6.07, 6.45) is -0.0808. The number of aliphatic hydroxyl groups excluding tert-OH is 1. The van der Waals surface area contributed by atoms with Crippen molar-refractivity contribution in [3.63, 3.8) is 0 Å². The van der Waals surface area contributed by atoms with Crippen LogP contribution in [0, 0.1) is 5.82 Å². The first-order chi connectivity index (χ1) is 7.19. The summed E-state index contributed by atoms with van der Waals surface area (Å²) in [5, 5.41) is 13.0. The molecule has 0 bridgehead atoms. The lowest BCUT2D eigenvalue weighted by molar-refractivity contribution is -0.0484. The van der Waals surface area contributed by atoms with Crippen LogP contribution in [0.1, 0.15) is 18.1 Å². The molecule has 0 aromatic heterocycles. The van der Waals surface area contributed by atoms with Gasteiger partial charge >= 0.3 is 0 Å². The van der Waals surface area contributed by atoms with Crippen LogP contribution in [-0.2, 0) is 0 Å². The Bertz CT molecular complexity index is 404. The van der Waals surface area contributed by atoms with Crippen LogP contribution in [0.2, 0.25) is 0 Å². The normalized spacial score (nSPS) is 26.7. The van der Waals surface area contributed by atoms with Gasteiger partial charge in [-0.1, -0.05) is 0 Å². The SMILES string of the molecule is O[C@@H]1CC2(CNC2)Oc2ccc(F)cc21. The van der Waals surface area contributed by atoms with E-state index in [9.17, 15) is 9.50 Å². The topological polar surface area (TPSA) is 41.5 Å². The maximum atomic E-state index is 13.0. The van der Waals surface area contributed by atoms with E-state index < -0.39 is 6.10 Å². The Hall–Kier alpha value is -1.13. The van der Waals surface area contributed by atoms with Crippen LogP contribution < -0.4 is 10.1 Å². The number of fused-ring (bicyclic) bond motifs is 1. The molecule has 1 saturated heterocycles. The van der Waals surface area contributed by atoms with Crippen molar-refractivity contribution < 1.29 is 14.2 Å². The maximum Gasteiger partial charge on any atom is 0.136 e. The number of nitrogens with one attached hydrogen (secondary N) is 1. The summed E-state index contributed by atoms with van der Waals surface area (Å²) in [6.45, 7) is 1.50. The van der Waals surface area contributed by atoms with E-state index in [1.54, 1.807) is 6.07 Å². The molecule has 2 aliphatic heterocycles. The van der Waals surface area contributed by atoms with Gasteiger partial charge in [0.1, 0.15) is 17.2 Å². The highest BCUT2D eigenvalue weighted by atomic mass is 19.1. The summed E-state index contributed by atoms with van der Waals surface area (Å²) >= 11 is 0. The van der Waals surface area contributed by atoms with E-state index in [1.807, 2.05) is 0 Å². The van der Waals surface area contributed by atoms with Gasteiger partial charge in [0.05, 0.1) is 6.10 Å². The van der Waals surface area contributed by atoms with E-state index >= 15 is 0 Å². The van der Waals surface area contributed by atoms with Gasteiger partial charge in [0.25, 0.3) is 0 Å². The third kappa shape index (κ3) is 1.33. The monoisotopic (exact) mass is 209 g/mol. The van der Waals surface area contributed by atoms with Crippen LogP contribution in [-0.4, -0.2) is 23.8 Å². The van der Waals surface area contributed by atoms with Crippen molar-refractivity contribution >= 4 is 0 Å². The highest BCUT2D eigenvalue weighted by molar-refractivity contribution is 5.39. The van der Waals surface area contributed by atoms with Crippen LogP contribution in [0.4, 0.5) is 4.39 Å². The van der Waals surface area contributed by atoms with Gasteiger partial charge in [0.2, 0.25) is 0 Å². The van der Waals surface area contributed by atoms with Crippen molar-refractivity contribution in [2.45, 2.75) is 18.1 Å². The van der Waals surface area contributed by atoms with Crippen LogP contribution in [0.5, 0.6) is 5.75 Å². The van der Waals surface area contributed by atoms with Crippen LogP contribution in [0.15, 0.2) is 18.2 Å². The average Bonchev–Trinajstić information content (AvgIpc) is 2.16. The van der Waals surface area contributed by atoms with Crippen molar-refractivity contribution in [2.75, 3.05) is 13.1 Å².